The third kappa shape index (κ3) is 3.42. The summed E-state index contributed by atoms with van der Waals surface area (Å²) in [5, 5.41) is 16.1. The fourth-order valence-corrected chi connectivity index (χ4v) is 5.01. The van der Waals surface area contributed by atoms with Crippen molar-refractivity contribution < 1.29 is 9.72 Å². The Morgan fingerprint density at radius 1 is 1.36 bits per heavy atom. The Morgan fingerprint density at radius 2 is 2.24 bits per heavy atom. The van der Waals surface area contributed by atoms with Gasteiger partial charge in [-0.25, -0.2) is 4.98 Å². The Bertz CT molecular complexity index is 819. The minimum atomic E-state index is -0.423. The molecule has 2 saturated carbocycles. The lowest BCUT2D eigenvalue weighted by Crippen LogP contribution is -2.20. The molecule has 0 spiro atoms. The van der Waals surface area contributed by atoms with E-state index in [2.05, 4.69) is 10.3 Å². The first-order valence-electron chi connectivity index (χ1n) is 8.58. The molecule has 4 rings (SSSR count). The van der Waals surface area contributed by atoms with E-state index in [-0.39, 0.29) is 11.6 Å². The number of rotatable bonds is 5. The lowest BCUT2D eigenvalue weighted by Gasteiger charge is -2.20. The van der Waals surface area contributed by atoms with Crippen LogP contribution in [0.4, 0.5) is 10.8 Å². The molecule has 7 heteroatoms. The van der Waals surface area contributed by atoms with Crippen molar-refractivity contribution in [1.82, 2.24) is 4.98 Å². The number of hydrogen-bond donors (Lipinski definition) is 1. The third-order valence-electron chi connectivity index (χ3n) is 5.44. The largest absolute Gasteiger partial charge is 0.302 e. The quantitative estimate of drug-likeness (QED) is 0.631. The van der Waals surface area contributed by atoms with Crippen molar-refractivity contribution in [3.8, 4) is 11.3 Å². The summed E-state index contributed by atoms with van der Waals surface area (Å²) in [5.74, 6) is 2.11. The van der Waals surface area contributed by atoms with Gasteiger partial charge in [0.2, 0.25) is 5.91 Å². The van der Waals surface area contributed by atoms with Crippen molar-refractivity contribution in [3.05, 3.63) is 39.8 Å². The Hall–Kier alpha value is -2.28. The van der Waals surface area contributed by atoms with Crippen molar-refractivity contribution in [1.29, 1.82) is 0 Å². The van der Waals surface area contributed by atoms with E-state index < -0.39 is 4.92 Å². The van der Waals surface area contributed by atoms with Crippen molar-refractivity contribution in [2.24, 2.45) is 17.8 Å². The molecule has 0 aliphatic heterocycles. The Labute approximate surface area is 149 Å². The molecule has 2 aromatic rings. The lowest BCUT2D eigenvalue weighted by molar-refractivity contribution is -0.384. The second-order valence-electron chi connectivity index (χ2n) is 7.03. The molecular weight excluding hydrogens is 338 g/mol. The Kier molecular flexibility index (Phi) is 4.25. The van der Waals surface area contributed by atoms with Crippen LogP contribution in [0.3, 0.4) is 0 Å². The summed E-state index contributed by atoms with van der Waals surface area (Å²) in [6.07, 6.45) is 5.67. The third-order valence-corrected chi connectivity index (χ3v) is 6.19. The molecule has 2 bridgehead atoms. The van der Waals surface area contributed by atoms with E-state index in [4.69, 9.17) is 0 Å². The number of nitrogens with one attached hydrogen (secondary N) is 1. The van der Waals surface area contributed by atoms with Crippen LogP contribution in [0, 0.1) is 27.9 Å². The van der Waals surface area contributed by atoms with Gasteiger partial charge in [-0.05, 0) is 37.0 Å². The molecule has 1 amide bonds. The molecular formula is C18H19N3O3S. The van der Waals surface area contributed by atoms with Crippen LogP contribution in [0.1, 0.15) is 32.1 Å². The average Bonchev–Trinajstić information content (AvgIpc) is 3.31. The van der Waals surface area contributed by atoms with Gasteiger partial charge >= 0.3 is 0 Å². The number of anilines is 1. The van der Waals surface area contributed by atoms with E-state index >= 15 is 0 Å². The second kappa shape index (κ2) is 6.55. The van der Waals surface area contributed by atoms with Gasteiger partial charge in [0.25, 0.3) is 5.69 Å². The highest BCUT2D eigenvalue weighted by molar-refractivity contribution is 7.14. The number of amides is 1. The summed E-state index contributed by atoms with van der Waals surface area (Å²) >= 11 is 1.35. The highest BCUT2D eigenvalue weighted by Crippen LogP contribution is 2.49. The van der Waals surface area contributed by atoms with Crippen molar-refractivity contribution >= 4 is 28.1 Å². The molecule has 1 N–H and O–H groups in total. The molecule has 1 aromatic heterocycles. The van der Waals surface area contributed by atoms with Gasteiger partial charge in [0.1, 0.15) is 0 Å². The maximum atomic E-state index is 12.3. The topological polar surface area (TPSA) is 85.1 Å². The SMILES string of the molecule is O=C(CC1CC2CCC1C2)Nc1nc(-c2cccc([N+](=O)[O-])c2)cs1. The van der Waals surface area contributed by atoms with E-state index in [1.807, 2.05) is 5.38 Å². The predicted molar refractivity (Wildman–Crippen MR) is 96.4 cm³/mol. The first kappa shape index (κ1) is 16.2. The van der Waals surface area contributed by atoms with Crippen molar-refractivity contribution in [2.75, 3.05) is 5.32 Å². The summed E-state index contributed by atoms with van der Waals surface area (Å²) < 4.78 is 0. The van der Waals surface area contributed by atoms with Crippen LogP contribution in [0.25, 0.3) is 11.3 Å². The van der Waals surface area contributed by atoms with Gasteiger partial charge in [0.15, 0.2) is 5.13 Å². The average molecular weight is 357 g/mol. The smallest absolute Gasteiger partial charge is 0.270 e. The van der Waals surface area contributed by atoms with Gasteiger partial charge in [-0.1, -0.05) is 18.6 Å². The van der Waals surface area contributed by atoms with Gasteiger partial charge in [0, 0.05) is 29.5 Å². The molecule has 2 fully saturated rings. The molecule has 130 valence electrons. The van der Waals surface area contributed by atoms with E-state index in [1.54, 1.807) is 12.1 Å². The number of carbonyl (C=O) groups is 1. The first-order valence-corrected chi connectivity index (χ1v) is 9.46. The van der Waals surface area contributed by atoms with Gasteiger partial charge in [-0.2, -0.15) is 0 Å². The fourth-order valence-electron chi connectivity index (χ4n) is 4.28. The van der Waals surface area contributed by atoms with Gasteiger partial charge < -0.3 is 5.32 Å². The number of carbonyl (C=O) groups excluding carboxylic acids is 1. The van der Waals surface area contributed by atoms with Crippen LogP contribution in [0.2, 0.25) is 0 Å². The molecule has 0 saturated heterocycles. The number of benzene rings is 1. The molecule has 3 unspecified atom stereocenters. The number of fused-ring (bicyclic) bond motifs is 2. The summed E-state index contributed by atoms with van der Waals surface area (Å²) in [6, 6.07) is 6.37. The summed E-state index contributed by atoms with van der Waals surface area (Å²) in [7, 11) is 0. The van der Waals surface area contributed by atoms with Gasteiger partial charge in [0.05, 0.1) is 10.6 Å². The van der Waals surface area contributed by atoms with Crippen LogP contribution < -0.4 is 5.32 Å². The standard InChI is InChI=1S/C18H19N3O3S/c22-17(9-14-7-11-4-5-12(14)6-11)20-18-19-16(10-25-18)13-2-1-3-15(8-13)21(23)24/h1-3,8,10-12,14H,4-7,9H2,(H,19,20,22). The zero-order chi connectivity index (χ0) is 17.4. The van der Waals surface area contributed by atoms with Crippen LogP contribution >= 0.6 is 11.3 Å². The Morgan fingerprint density at radius 3 is 2.96 bits per heavy atom. The highest BCUT2D eigenvalue weighted by Gasteiger charge is 2.40. The zero-order valence-electron chi connectivity index (χ0n) is 13.7. The second-order valence-corrected chi connectivity index (χ2v) is 7.89. The molecule has 6 nitrogen and oxygen atoms in total. The maximum Gasteiger partial charge on any atom is 0.270 e. The summed E-state index contributed by atoms with van der Waals surface area (Å²) in [6.45, 7) is 0. The van der Waals surface area contributed by atoms with Crippen molar-refractivity contribution in [2.45, 2.75) is 32.1 Å². The van der Waals surface area contributed by atoms with E-state index in [9.17, 15) is 14.9 Å². The van der Waals surface area contributed by atoms with E-state index in [1.165, 1.54) is 49.2 Å². The van der Waals surface area contributed by atoms with Gasteiger partial charge in [-0.3, -0.25) is 14.9 Å². The van der Waals surface area contributed by atoms with Crippen LogP contribution in [0.5, 0.6) is 0 Å². The van der Waals surface area contributed by atoms with E-state index in [0.29, 0.717) is 28.7 Å². The summed E-state index contributed by atoms with van der Waals surface area (Å²) in [4.78, 5) is 27.2. The number of nitro groups is 1. The minimum Gasteiger partial charge on any atom is -0.302 e. The molecule has 2 aliphatic carbocycles. The van der Waals surface area contributed by atoms with Crippen LogP contribution in [0.15, 0.2) is 29.6 Å². The summed E-state index contributed by atoms with van der Waals surface area (Å²) in [5.41, 5.74) is 1.36. The minimum absolute atomic E-state index is 0.0255. The normalized spacial score (nSPS) is 24.4. The molecule has 3 atom stereocenters. The first-order chi connectivity index (χ1) is 12.1. The fraction of sp³-hybridized carbons (Fsp3) is 0.444. The maximum absolute atomic E-state index is 12.3. The van der Waals surface area contributed by atoms with Crippen molar-refractivity contribution in [3.63, 3.8) is 0 Å². The molecule has 2 aliphatic rings. The number of non-ortho nitro benzene ring substituents is 1. The predicted octanol–water partition coefficient (Wildman–Crippen LogP) is 4.48. The van der Waals surface area contributed by atoms with Crippen LogP contribution in [-0.4, -0.2) is 15.8 Å². The zero-order valence-corrected chi connectivity index (χ0v) is 14.5. The Balaban J connectivity index is 1.40. The van der Waals surface area contributed by atoms with E-state index in [0.717, 1.165) is 11.8 Å². The molecule has 25 heavy (non-hydrogen) atoms. The van der Waals surface area contributed by atoms with Crippen LogP contribution in [-0.2, 0) is 4.79 Å². The number of aromatic nitrogens is 1. The number of thiazole rings is 1. The molecule has 1 heterocycles. The number of hydrogen-bond acceptors (Lipinski definition) is 5. The number of nitro benzene ring substituents is 1. The number of nitrogens with zero attached hydrogens (tertiary/aromatic N) is 2. The lowest BCUT2D eigenvalue weighted by atomic mass is 9.86. The molecule has 1 aromatic carbocycles. The highest BCUT2D eigenvalue weighted by atomic mass is 32.1. The van der Waals surface area contributed by atoms with Gasteiger partial charge in [-0.15, -0.1) is 11.3 Å². The monoisotopic (exact) mass is 357 g/mol. The molecule has 0 radical (unpaired) electrons.